The quantitative estimate of drug-likeness (QED) is 0.824. The molecule has 0 aliphatic carbocycles. The van der Waals surface area contributed by atoms with Gasteiger partial charge in [-0.25, -0.2) is 0 Å². The van der Waals surface area contributed by atoms with Gasteiger partial charge >= 0.3 is 0 Å². The standard InChI is InChI=1S/C12H13ClN2O2/c1-7-3-4-9(13)10(5-7)15-8(2)12(17)14-6-11(15)16/h3-5,8H,6H2,1-2H3,(H,14,17). The summed E-state index contributed by atoms with van der Waals surface area (Å²) in [6.07, 6.45) is 0. The summed E-state index contributed by atoms with van der Waals surface area (Å²) in [5, 5.41) is 3.02. The maximum absolute atomic E-state index is 11.9. The van der Waals surface area contributed by atoms with E-state index in [4.69, 9.17) is 11.6 Å². The predicted octanol–water partition coefficient (Wildman–Crippen LogP) is 1.50. The molecule has 1 aromatic carbocycles. The Morgan fingerprint density at radius 2 is 2.12 bits per heavy atom. The van der Waals surface area contributed by atoms with Gasteiger partial charge in [-0.15, -0.1) is 0 Å². The van der Waals surface area contributed by atoms with E-state index in [0.717, 1.165) is 5.56 Å². The molecule has 1 fully saturated rings. The molecule has 1 aliphatic heterocycles. The highest BCUT2D eigenvalue weighted by atomic mass is 35.5. The van der Waals surface area contributed by atoms with Gasteiger partial charge in [0.2, 0.25) is 11.8 Å². The molecule has 0 radical (unpaired) electrons. The Hall–Kier alpha value is -1.55. The average molecular weight is 253 g/mol. The van der Waals surface area contributed by atoms with Crippen LogP contribution in [-0.2, 0) is 9.59 Å². The van der Waals surface area contributed by atoms with Crippen molar-refractivity contribution in [3.8, 4) is 0 Å². The first-order valence-corrected chi connectivity index (χ1v) is 5.74. The van der Waals surface area contributed by atoms with E-state index in [-0.39, 0.29) is 18.4 Å². The number of hydrogen-bond acceptors (Lipinski definition) is 2. The smallest absolute Gasteiger partial charge is 0.247 e. The second-order valence-electron chi connectivity index (χ2n) is 4.11. The first-order chi connectivity index (χ1) is 8.00. The fourth-order valence-corrected chi connectivity index (χ4v) is 2.09. The first-order valence-electron chi connectivity index (χ1n) is 5.36. The Bertz CT molecular complexity index is 487. The van der Waals surface area contributed by atoms with Gasteiger partial charge in [-0.3, -0.25) is 14.5 Å². The Labute approximate surface area is 105 Å². The molecule has 0 spiro atoms. The lowest BCUT2D eigenvalue weighted by atomic mass is 10.1. The molecular weight excluding hydrogens is 240 g/mol. The highest BCUT2D eigenvalue weighted by Crippen LogP contribution is 2.29. The summed E-state index contributed by atoms with van der Waals surface area (Å²) < 4.78 is 0. The number of anilines is 1. The Morgan fingerprint density at radius 1 is 1.41 bits per heavy atom. The minimum absolute atomic E-state index is 0.0213. The topological polar surface area (TPSA) is 49.4 Å². The zero-order valence-electron chi connectivity index (χ0n) is 9.66. The number of aryl methyl sites for hydroxylation is 1. The summed E-state index contributed by atoms with van der Waals surface area (Å²) in [5.74, 6) is -0.313. The molecule has 1 N–H and O–H groups in total. The minimum Gasteiger partial charge on any atom is -0.345 e. The molecule has 1 atom stereocenters. The van der Waals surface area contributed by atoms with Gasteiger partial charge < -0.3 is 5.32 Å². The highest BCUT2D eigenvalue weighted by Gasteiger charge is 2.33. The van der Waals surface area contributed by atoms with Gasteiger partial charge in [0.05, 0.1) is 17.3 Å². The van der Waals surface area contributed by atoms with E-state index >= 15 is 0 Å². The summed E-state index contributed by atoms with van der Waals surface area (Å²) in [7, 11) is 0. The molecule has 4 nitrogen and oxygen atoms in total. The monoisotopic (exact) mass is 252 g/mol. The van der Waals surface area contributed by atoms with Gasteiger partial charge in [0.25, 0.3) is 0 Å². The number of nitrogens with one attached hydrogen (secondary N) is 1. The summed E-state index contributed by atoms with van der Waals surface area (Å²) in [6.45, 7) is 3.62. The molecule has 1 heterocycles. The number of benzene rings is 1. The molecule has 2 amide bonds. The van der Waals surface area contributed by atoms with Crippen LogP contribution >= 0.6 is 11.6 Å². The molecule has 0 bridgehead atoms. The third kappa shape index (κ3) is 2.13. The van der Waals surface area contributed by atoms with Gasteiger partial charge in [0.1, 0.15) is 6.04 Å². The number of halogens is 1. The Morgan fingerprint density at radius 3 is 2.82 bits per heavy atom. The summed E-state index contributed by atoms with van der Waals surface area (Å²) >= 11 is 6.08. The van der Waals surface area contributed by atoms with Crippen molar-refractivity contribution >= 4 is 29.1 Å². The number of amides is 2. The van der Waals surface area contributed by atoms with Gasteiger partial charge in [0.15, 0.2) is 0 Å². The van der Waals surface area contributed by atoms with Gasteiger partial charge in [-0.2, -0.15) is 0 Å². The van der Waals surface area contributed by atoms with Crippen molar-refractivity contribution in [3.05, 3.63) is 28.8 Å². The maximum Gasteiger partial charge on any atom is 0.247 e. The van der Waals surface area contributed by atoms with E-state index in [1.165, 1.54) is 4.90 Å². The average Bonchev–Trinajstić information content (AvgIpc) is 2.29. The SMILES string of the molecule is Cc1ccc(Cl)c(N2C(=O)CNC(=O)C2C)c1. The van der Waals surface area contributed by atoms with E-state index in [2.05, 4.69) is 5.32 Å². The lowest BCUT2D eigenvalue weighted by Crippen LogP contribution is -2.57. The molecule has 5 heteroatoms. The Kier molecular flexibility index (Phi) is 3.07. The highest BCUT2D eigenvalue weighted by molar-refractivity contribution is 6.34. The van der Waals surface area contributed by atoms with E-state index in [1.54, 1.807) is 13.0 Å². The second-order valence-corrected chi connectivity index (χ2v) is 4.52. The maximum atomic E-state index is 11.9. The second kappa shape index (κ2) is 4.37. The molecule has 17 heavy (non-hydrogen) atoms. The van der Waals surface area contributed by atoms with E-state index in [0.29, 0.717) is 10.7 Å². The van der Waals surface area contributed by atoms with Crippen LogP contribution in [0.15, 0.2) is 18.2 Å². The molecule has 90 valence electrons. The minimum atomic E-state index is -0.532. The number of rotatable bonds is 1. The van der Waals surface area contributed by atoms with Crippen LogP contribution in [0.3, 0.4) is 0 Å². The molecule has 1 saturated heterocycles. The largest absolute Gasteiger partial charge is 0.345 e. The van der Waals surface area contributed by atoms with Gasteiger partial charge in [-0.1, -0.05) is 17.7 Å². The van der Waals surface area contributed by atoms with Crippen molar-refractivity contribution in [2.24, 2.45) is 0 Å². The lowest BCUT2D eigenvalue weighted by Gasteiger charge is -2.33. The zero-order valence-corrected chi connectivity index (χ0v) is 10.4. The van der Waals surface area contributed by atoms with Crippen molar-refractivity contribution in [1.29, 1.82) is 0 Å². The van der Waals surface area contributed by atoms with Crippen LogP contribution in [-0.4, -0.2) is 24.4 Å². The molecular formula is C12H13ClN2O2. The molecule has 0 aromatic heterocycles. The van der Waals surface area contributed by atoms with Crippen molar-refractivity contribution in [2.75, 3.05) is 11.4 Å². The van der Waals surface area contributed by atoms with Crippen LogP contribution in [0.4, 0.5) is 5.69 Å². The lowest BCUT2D eigenvalue weighted by molar-refractivity contribution is -0.130. The molecule has 1 unspecified atom stereocenters. The molecule has 1 aromatic rings. The third-order valence-corrected chi connectivity index (χ3v) is 3.13. The van der Waals surface area contributed by atoms with Crippen molar-refractivity contribution in [3.63, 3.8) is 0 Å². The fourth-order valence-electron chi connectivity index (χ4n) is 1.88. The van der Waals surface area contributed by atoms with Gasteiger partial charge in [-0.05, 0) is 31.5 Å². The van der Waals surface area contributed by atoms with Crippen LogP contribution in [0.1, 0.15) is 12.5 Å². The molecule has 0 saturated carbocycles. The van der Waals surface area contributed by atoms with Crippen LogP contribution in [0, 0.1) is 6.92 Å². The first kappa shape index (κ1) is 11.9. The number of hydrogen-bond donors (Lipinski definition) is 1. The summed E-state index contributed by atoms with van der Waals surface area (Å²) in [4.78, 5) is 24.9. The predicted molar refractivity (Wildman–Crippen MR) is 66.1 cm³/mol. The third-order valence-electron chi connectivity index (χ3n) is 2.81. The van der Waals surface area contributed by atoms with Crippen LogP contribution < -0.4 is 10.2 Å². The van der Waals surface area contributed by atoms with E-state index in [9.17, 15) is 9.59 Å². The fraction of sp³-hybridized carbons (Fsp3) is 0.333. The number of carbonyl (C=O) groups excluding carboxylic acids is 2. The van der Waals surface area contributed by atoms with Crippen molar-refractivity contribution in [1.82, 2.24) is 5.32 Å². The van der Waals surface area contributed by atoms with Crippen molar-refractivity contribution in [2.45, 2.75) is 19.9 Å². The van der Waals surface area contributed by atoms with Crippen LogP contribution in [0.2, 0.25) is 5.02 Å². The molecule has 1 aliphatic rings. The zero-order chi connectivity index (χ0) is 12.6. The number of nitrogens with zero attached hydrogens (tertiary/aromatic N) is 1. The number of carbonyl (C=O) groups is 2. The van der Waals surface area contributed by atoms with E-state index in [1.807, 2.05) is 19.1 Å². The normalized spacial score (nSPS) is 20.4. The van der Waals surface area contributed by atoms with Gasteiger partial charge in [0, 0.05) is 0 Å². The summed E-state index contributed by atoms with van der Waals surface area (Å²) in [5.41, 5.74) is 1.59. The van der Waals surface area contributed by atoms with Crippen LogP contribution in [0.5, 0.6) is 0 Å². The Balaban J connectivity index is 2.46. The van der Waals surface area contributed by atoms with E-state index < -0.39 is 6.04 Å². The van der Waals surface area contributed by atoms with Crippen LogP contribution in [0.25, 0.3) is 0 Å². The number of piperazine rings is 1. The summed E-state index contributed by atoms with van der Waals surface area (Å²) in [6, 6.07) is 4.88. The van der Waals surface area contributed by atoms with Crippen molar-refractivity contribution < 1.29 is 9.59 Å². The molecule has 2 rings (SSSR count).